The summed E-state index contributed by atoms with van der Waals surface area (Å²) in [5.74, 6) is 0.560. The summed E-state index contributed by atoms with van der Waals surface area (Å²) in [6.07, 6.45) is 0. The Hall–Kier alpha value is -1.83. The summed E-state index contributed by atoms with van der Waals surface area (Å²) in [6, 6.07) is 6.51. The summed E-state index contributed by atoms with van der Waals surface area (Å²) in [5.41, 5.74) is 1.31. The highest BCUT2D eigenvalue weighted by Crippen LogP contribution is 2.13. The van der Waals surface area contributed by atoms with Gasteiger partial charge in [0.15, 0.2) is 5.43 Å². The molecular weight excluding hydrogens is 164 g/mol. The first-order valence-corrected chi connectivity index (χ1v) is 3.88. The Labute approximate surface area is 74.8 Å². The zero-order valence-corrected chi connectivity index (χ0v) is 7.04. The second-order valence-corrected chi connectivity index (χ2v) is 2.89. The van der Waals surface area contributed by atoms with Gasteiger partial charge in [-0.25, -0.2) is 0 Å². The maximum atomic E-state index is 11.0. The van der Waals surface area contributed by atoms with Crippen LogP contribution >= 0.6 is 0 Å². The van der Waals surface area contributed by atoms with Crippen molar-refractivity contribution in [2.45, 2.75) is 0 Å². The molecular formula is C11H8O2. The smallest absolute Gasteiger partial charge is 0.182 e. The molecule has 0 atom stereocenters. The molecule has 0 spiro atoms. The van der Waals surface area contributed by atoms with Gasteiger partial charge in [0.2, 0.25) is 0 Å². The molecule has 0 aromatic carbocycles. The molecule has 1 heterocycles. The van der Waals surface area contributed by atoms with Crippen LogP contribution in [0, 0.1) is 0 Å². The van der Waals surface area contributed by atoms with E-state index >= 15 is 0 Å². The Morgan fingerprint density at radius 3 is 2.69 bits per heavy atom. The molecule has 0 unspecified atom stereocenters. The molecule has 0 amide bonds. The van der Waals surface area contributed by atoms with Gasteiger partial charge in [-0.2, -0.15) is 0 Å². The lowest BCUT2D eigenvalue weighted by atomic mass is 10.1. The molecule has 0 N–H and O–H groups in total. The summed E-state index contributed by atoms with van der Waals surface area (Å²) in [6.45, 7) is 7.43. The normalized spacial score (nSPS) is 10.5. The van der Waals surface area contributed by atoms with Crippen LogP contribution in [0.2, 0.25) is 0 Å². The third-order valence-corrected chi connectivity index (χ3v) is 1.91. The van der Waals surface area contributed by atoms with Crippen molar-refractivity contribution in [1.29, 1.82) is 0 Å². The molecule has 2 nitrogen and oxygen atoms in total. The van der Waals surface area contributed by atoms with Crippen LogP contribution in [0.1, 0.15) is 0 Å². The fraction of sp³-hybridized carbons (Fsp3) is 0. The highest BCUT2D eigenvalue weighted by molar-refractivity contribution is 5.57. The van der Waals surface area contributed by atoms with Gasteiger partial charge in [0.05, 0.1) is 0 Å². The number of hydrogen-bond donors (Lipinski definition) is 0. The zero-order valence-electron chi connectivity index (χ0n) is 7.04. The quantitative estimate of drug-likeness (QED) is 0.581. The molecule has 0 bridgehead atoms. The van der Waals surface area contributed by atoms with E-state index in [2.05, 4.69) is 13.2 Å². The van der Waals surface area contributed by atoms with Crippen molar-refractivity contribution in [3.8, 4) is 11.3 Å². The molecule has 0 saturated heterocycles. The largest absolute Gasteiger partial charge is 0.457 e. The van der Waals surface area contributed by atoms with Gasteiger partial charge in [0.25, 0.3) is 0 Å². The fourth-order valence-electron chi connectivity index (χ4n) is 1.19. The van der Waals surface area contributed by atoms with E-state index in [-0.39, 0.29) is 5.43 Å². The Bertz CT molecular complexity index is 566. The predicted molar refractivity (Wildman–Crippen MR) is 51.9 cm³/mol. The molecule has 64 valence electrons. The van der Waals surface area contributed by atoms with Gasteiger partial charge < -0.3 is 4.42 Å². The van der Waals surface area contributed by atoms with Crippen molar-refractivity contribution < 1.29 is 4.42 Å². The standard InChI is InChI=1S/C11H8O2/c1-7-5-9-3-4-10(12)6-11(9)13-8(7)2/h3-6H,1-2H2. The van der Waals surface area contributed by atoms with E-state index in [9.17, 15) is 4.79 Å². The average molecular weight is 172 g/mol. The Morgan fingerprint density at radius 1 is 1.15 bits per heavy atom. The first kappa shape index (κ1) is 7.80. The fourth-order valence-corrected chi connectivity index (χ4v) is 1.19. The van der Waals surface area contributed by atoms with E-state index in [4.69, 9.17) is 4.42 Å². The number of fused-ring (bicyclic) bond motifs is 1. The van der Waals surface area contributed by atoms with Gasteiger partial charge >= 0.3 is 0 Å². The van der Waals surface area contributed by atoms with Gasteiger partial charge in [-0.05, 0) is 18.2 Å². The molecule has 2 heteroatoms. The predicted octanol–water partition coefficient (Wildman–Crippen LogP) is 0.565. The van der Waals surface area contributed by atoms with Crippen LogP contribution in [0.15, 0.2) is 33.5 Å². The van der Waals surface area contributed by atoms with Crippen LogP contribution in [0.4, 0.5) is 0 Å². The van der Waals surface area contributed by atoms with Crippen molar-refractivity contribution in [1.82, 2.24) is 0 Å². The first-order valence-electron chi connectivity index (χ1n) is 3.88. The molecule has 13 heavy (non-hydrogen) atoms. The van der Waals surface area contributed by atoms with Crippen molar-refractivity contribution >= 4 is 13.2 Å². The van der Waals surface area contributed by atoms with Gasteiger partial charge in [-0.3, -0.25) is 4.79 Å². The van der Waals surface area contributed by atoms with Crippen molar-refractivity contribution in [3.63, 3.8) is 0 Å². The van der Waals surface area contributed by atoms with Crippen LogP contribution < -0.4 is 16.1 Å². The third kappa shape index (κ3) is 1.26. The molecule has 2 aliphatic rings. The van der Waals surface area contributed by atoms with E-state index in [1.54, 1.807) is 6.07 Å². The minimum atomic E-state index is -0.0625. The molecule has 2 rings (SSSR count). The van der Waals surface area contributed by atoms with E-state index < -0.39 is 0 Å². The summed E-state index contributed by atoms with van der Waals surface area (Å²) in [7, 11) is 0. The van der Waals surface area contributed by atoms with Crippen LogP contribution in [-0.4, -0.2) is 0 Å². The molecule has 0 saturated carbocycles. The second-order valence-electron chi connectivity index (χ2n) is 2.89. The van der Waals surface area contributed by atoms with Gasteiger partial charge in [0, 0.05) is 16.8 Å². The van der Waals surface area contributed by atoms with Gasteiger partial charge in [0.1, 0.15) is 11.2 Å². The minimum Gasteiger partial charge on any atom is -0.457 e. The SMILES string of the molecule is C=c1cc2ccc(=O)cc-2oc1=C. The van der Waals surface area contributed by atoms with Crippen LogP contribution in [0.25, 0.3) is 24.5 Å². The highest BCUT2D eigenvalue weighted by atomic mass is 16.3. The molecule has 0 radical (unpaired) electrons. The number of benzene rings is 1. The van der Waals surface area contributed by atoms with E-state index in [1.807, 2.05) is 6.07 Å². The molecule has 1 aliphatic carbocycles. The van der Waals surface area contributed by atoms with Crippen molar-refractivity contribution in [3.05, 3.63) is 45.1 Å². The molecule has 0 aromatic heterocycles. The van der Waals surface area contributed by atoms with E-state index in [0.29, 0.717) is 11.2 Å². The molecule has 1 aliphatic heterocycles. The monoisotopic (exact) mass is 172 g/mol. The van der Waals surface area contributed by atoms with E-state index in [1.165, 1.54) is 12.1 Å². The molecule has 0 fully saturated rings. The zero-order chi connectivity index (χ0) is 9.42. The van der Waals surface area contributed by atoms with E-state index in [0.717, 1.165) is 10.8 Å². The van der Waals surface area contributed by atoms with Gasteiger partial charge in [-0.1, -0.05) is 13.2 Å². The summed E-state index contributed by atoms with van der Waals surface area (Å²) >= 11 is 0. The topological polar surface area (TPSA) is 30.2 Å². The molecule has 0 aromatic rings. The first-order chi connectivity index (χ1) is 6.16. The van der Waals surface area contributed by atoms with Gasteiger partial charge in [-0.15, -0.1) is 0 Å². The maximum absolute atomic E-state index is 11.0. The third-order valence-electron chi connectivity index (χ3n) is 1.91. The lowest BCUT2D eigenvalue weighted by molar-refractivity contribution is 0.526. The Morgan fingerprint density at radius 2 is 1.92 bits per heavy atom. The number of rotatable bonds is 0. The Kier molecular flexibility index (Phi) is 1.55. The summed E-state index contributed by atoms with van der Waals surface area (Å²) in [5, 5.41) is 0.742. The van der Waals surface area contributed by atoms with Crippen LogP contribution in [-0.2, 0) is 0 Å². The van der Waals surface area contributed by atoms with Crippen molar-refractivity contribution in [2.24, 2.45) is 0 Å². The minimum absolute atomic E-state index is 0.0625. The summed E-state index contributed by atoms with van der Waals surface area (Å²) < 4.78 is 5.30. The second kappa shape index (κ2) is 2.59. The number of hydrogen-bond acceptors (Lipinski definition) is 2. The highest BCUT2D eigenvalue weighted by Gasteiger charge is 2.02. The summed E-state index contributed by atoms with van der Waals surface area (Å²) in [4.78, 5) is 11.0. The van der Waals surface area contributed by atoms with Crippen LogP contribution in [0.3, 0.4) is 0 Å². The average Bonchev–Trinajstić information content (AvgIpc) is 2.08. The Balaban J connectivity index is 2.99. The van der Waals surface area contributed by atoms with Crippen molar-refractivity contribution in [2.75, 3.05) is 0 Å². The van der Waals surface area contributed by atoms with Crippen LogP contribution in [0.5, 0.6) is 0 Å². The lowest BCUT2D eigenvalue weighted by Gasteiger charge is -2.01. The lowest BCUT2D eigenvalue weighted by Crippen LogP contribution is -2.22. The maximum Gasteiger partial charge on any atom is 0.182 e.